The van der Waals surface area contributed by atoms with Crippen molar-refractivity contribution in [1.29, 1.82) is 5.41 Å². The minimum absolute atomic E-state index is 0.109. The van der Waals surface area contributed by atoms with Crippen molar-refractivity contribution in [2.75, 3.05) is 22.5 Å². The second-order valence-electron chi connectivity index (χ2n) is 10.2. The van der Waals surface area contributed by atoms with Crippen LogP contribution in [-0.2, 0) is 13.1 Å². The number of amides is 1. The van der Waals surface area contributed by atoms with Crippen LogP contribution in [-0.4, -0.2) is 27.4 Å². The highest BCUT2D eigenvalue weighted by Gasteiger charge is 2.16. The third-order valence-corrected chi connectivity index (χ3v) is 6.03. The van der Waals surface area contributed by atoms with E-state index in [1.165, 1.54) is 0 Å². The molecule has 3 aromatic rings. The van der Waals surface area contributed by atoms with Crippen molar-refractivity contribution in [2.45, 2.75) is 60.0 Å². The molecule has 206 valence electrons. The van der Waals surface area contributed by atoms with Crippen LogP contribution in [0.3, 0.4) is 0 Å². The molecule has 2 aromatic heterocycles. The summed E-state index contributed by atoms with van der Waals surface area (Å²) in [6.07, 6.45) is 6.01. The van der Waals surface area contributed by atoms with Gasteiger partial charge in [0.15, 0.2) is 11.6 Å². The number of carbonyl (C=O) groups excluding carboxylic acids is 1. The van der Waals surface area contributed by atoms with Crippen molar-refractivity contribution in [3.63, 3.8) is 0 Å². The molecule has 0 spiro atoms. The maximum atomic E-state index is 14.8. The van der Waals surface area contributed by atoms with Gasteiger partial charge < -0.3 is 30.3 Å². The standard InChI is InChI=1S/C28H40FN7O2/c1-20(2)12-16-34-15-5-6-27(34)36(29)38-24-9-7-22(8-10-24)33-28(37)25-18-23(32-14-11-26(30)31)19-35(25)17-13-21(3)4/h5-10,15,18-21,32H,11-14,16-17H2,1-4H3,(H3,30,31)(H,33,37). The van der Waals surface area contributed by atoms with Gasteiger partial charge in [0, 0.05) is 44.1 Å². The van der Waals surface area contributed by atoms with Gasteiger partial charge in [-0.3, -0.25) is 10.2 Å². The van der Waals surface area contributed by atoms with E-state index in [0.29, 0.717) is 60.8 Å². The van der Waals surface area contributed by atoms with Crippen LogP contribution in [0.25, 0.3) is 0 Å². The Hall–Kier alpha value is -3.95. The monoisotopic (exact) mass is 525 g/mol. The molecule has 0 atom stereocenters. The summed E-state index contributed by atoms with van der Waals surface area (Å²) in [5.41, 5.74) is 7.32. The van der Waals surface area contributed by atoms with Gasteiger partial charge >= 0.3 is 0 Å². The molecule has 10 heteroatoms. The van der Waals surface area contributed by atoms with Gasteiger partial charge in [0.05, 0.1) is 11.5 Å². The topological polar surface area (TPSA) is 113 Å². The Balaban J connectivity index is 1.64. The summed E-state index contributed by atoms with van der Waals surface area (Å²) in [6, 6.07) is 11.8. The van der Waals surface area contributed by atoms with Crippen LogP contribution < -0.4 is 26.5 Å². The first kappa shape index (κ1) is 28.6. The van der Waals surface area contributed by atoms with Crippen molar-refractivity contribution in [1.82, 2.24) is 9.13 Å². The molecule has 0 aliphatic rings. The smallest absolute Gasteiger partial charge is 0.272 e. The second-order valence-corrected chi connectivity index (χ2v) is 10.2. The highest BCUT2D eigenvalue weighted by Crippen LogP contribution is 2.24. The summed E-state index contributed by atoms with van der Waals surface area (Å²) in [7, 11) is 0. The van der Waals surface area contributed by atoms with Crippen LogP contribution in [0.2, 0.25) is 0 Å². The van der Waals surface area contributed by atoms with Crippen LogP contribution in [0, 0.1) is 17.2 Å². The Kier molecular flexibility index (Phi) is 10.2. The maximum Gasteiger partial charge on any atom is 0.272 e. The van der Waals surface area contributed by atoms with Gasteiger partial charge in [-0.1, -0.05) is 32.2 Å². The van der Waals surface area contributed by atoms with E-state index >= 15 is 0 Å². The Morgan fingerprint density at radius 3 is 2.34 bits per heavy atom. The number of aromatic nitrogens is 2. The first-order chi connectivity index (χ1) is 18.1. The van der Waals surface area contributed by atoms with Gasteiger partial charge in [0.2, 0.25) is 0 Å². The Labute approximate surface area is 224 Å². The number of carbonyl (C=O) groups is 1. The summed E-state index contributed by atoms with van der Waals surface area (Å²) in [5.74, 6) is 1.48. The van der Waals surface area contributed by atoms with Crippen LogP contribution in [0.4, 0.5) is 21.7 Å². The molecular formula is C28H40FN7O2. The number of hydrogen-bond donors (Lipinski definition) is 4. The summed E-state index contributed by atoms with van der Waals surface area (Å²) in [5, 5.41) is 13.8. The Morgan fingerprint density at radius 1 is 1.05 bits per heavy atom. The maximum absolute atomic E-state index is 14.8. The molecule has 0 radical (unpaired) electrons. The molecule has 3 rings (SSSR count). The van der Waals surface area contributed by atoms with Crippen LogP contribution in [0.1, 0.15) is 57.4 Å². The van der Waals surface area contributed by atoms with Crippen LogP contribution in [0.15, 0.2) is 54.9 Å². The van der Waals surface area contributed by atoms with E-state index in [4.69, 9.17) is 16.0 Å². The van der Waals surface area contributed by atoms with Crippen molar-refractivity contribution in [2.24, 2.45) is 17.6 Å². The van der Waals surface area contributed by atoms with Crippen LogP contribution >= 0.6 is 0 Å². The number of benzene rings is 1. The molecule has 0 aliphatic carbocycles. The number of aryl methyl sites for hydroxylation is 2. The quantitative estimate of drug-likeness (QED) is 0.0834. The first-order valence-electron chi connectivity index (χ1n) is 13.1. The van der Waals surface area contributed by atoms with E-state index < -0.39 is 0 Å². The highest BCUT2D eigenvalue weighted by molar-refractivity contribution is 6.04. The van der Waals surface area contributed by atoms with Gasteiger partial charge in [-0.2, -0.15) is 0 Å². The molecule has 0 fully saturated rings. The Bertz CT molecular complexity index is 1180. The number of halogens is 1. The molecule has 1 aromatic carbocycles. The van der Waals surface area contributed by atoms with E-state index in [2.05, 4.69) is 38.3 Å². The predicted octanol–water partition coefficient (Wildman–Crippen LogP) is 6.06. The lowest BCUT2D eigenvalue weighted by molar-refractivity contribution is 0.101. The third kappa shape index (κ3) is 8.57. The molecule has 1 amide bonds. The van der Waals surface area contributed by atoms with E-state index in [1.54, 1.807) is 42.5 Å². The van der Waals surface area contributed by atoms with Crippen molar-refractivity contribution < 1.29 is 14.1 Å². The fraction of sp³-hybridized carbons (Fsp3) is 0.429. The van der Waals surface area contributed by atoms with Crippen molar-refractivity contribution in [3.05, 3.63) is 60.6 Å². The van der Waals surface area contributed by atoms with Gasteiger partial charge in [-0.25, -0.2) is 0 Å². The van der Waals surface area contributed by atoms with Crippen molar-refractivity contribution >= 4 is 28.9 Å². The molecule has 0 saturated heterocycles. The van der Waals surface area contributed by atoms with E-state index in [1.807, 2.05) is 21.5 Å². The number of nitrogens with zero attached hydrogens (tertiary/aromatic N) is 3. The van der Waals surface area contributed by atoms with Crippen LogP contribution in [0.5, 0.6) is 5.75 Å². The zero-order chi connectivity index (χ0) is 27.7. The lowest BCUT2D eigenvalue weighted by atomic mass is 10.1. The SMILES string of the molecule is CC(C)CCn1cc(NCCC(=N)N)cc1C(=O)Nc1ccc(ON(F)c2cccn2CCC(C)C)cc1. The van der Waals surface area contributed by atoms with Gasteiger partial charge in [0.25, 0.3) is 5.91 Å². The van der Waals surface area contributed by atoms with E-state index in [-0.39, 0.29) is 17.0 Å². The molecule has 0 unspecified atom stereocenters. The zero-order valence-electron chi connectivity index (χ0n) is 22.7. The average molecular weight is 526 g/mol. The fourth-order valence-electron chi connectivity index (χ4n) is 3.81. The van der Waals surface area contributed by atoms with E-state index in [9.17, 15) is 9.28 Å². The number of anilines is 3. The predicted molar refractivity (Wildman–Crippen MR) is 151 cm³/mol. The summed E-state index contributed by atoms with van der Waals surface area (Å²) in [6.45, 7) is 10.4. The lowest BCUT2D eigenvalue weighted by Gasteiger charge is -2.17. The zero-order valence-corrected chi connectivity index (χ0v) is 22.7. The summed E-state index contributed by atoms with van der Waals surface area (Å²) in [4.78, 5) is 18.5. The molecule has 38 heavy (non-hydrogen) atoms. The second kappa shape index (κ2) is 13.6. The minimum atomic E-state index is -0.253. The highest BCUT2D eigenvalue weighted by atomic mass is 19.2. The molecule has 9 nitrogen and oxygen atoms in total. The van der Waals surface area contributed by atoms with Gasteiger partial charge in [-0.05, 0) is 72.4 Å². The number of nitrogens with two attached hydrogens (primary N) is 1. The average Bonchev–Trinajstić information content (AvgIpc) is 3.49. The molecular weight excluding hydrogens is 485 g/mol. The normalized spacial score (nSPS) is 11.1. The van der Waals surface area contributed by atoms with Gasteiger partial charge in [-0.15, -0.1) is 0 Å². The molecule has 0 aliphatic heterocycles. The third-order valence-electron chi connectivity index (χ3n) is 6.03. The van der Waals surface area contributed by atoms with E-state index in [0.717, 1.165) is 18.5 Å². The van der Waals surface area contributed by atoms with Crippen molar-refractivity contribution in [3.8, 4) is 5.75 Å². The lowest BCUT2D eigenvalue weighted by Crippen LogP contribution is -2.20. The summed E-state index contributed by atoms with van der Waals surface area (Å²) < 4.78 is 18.5. The molecule has 2 heterocycles. The Morgan fingerprint density at radius 2 is 1.71 bits per heavy atom. The largest absolute Gasteiger partial charge is 0.388 e. The molecule has 5 N–H and O–H groups in total. The number of nitrogens with one attached hydrogen (secondary N) is 3. The summed E-state index contributed by atoms with van der Waals surface area (Å²) >= 11 is 0. The first-order valence-corrected chi connectivity index (χ1v) is 13.1. The number of hydrogen-bond acceptors (Lipinski definition) is 5. The minimum Gasteiger partial charge on any atom is -0.388 e. The number of rotatable bonds is 15. The number of amidine groups is 1. The molecule has 0 saturated carbocycles. The fourth-order valence-corrected chi connectivity index (χ4v) is 3.81. The van der Waals surface area contributed by atoms with Gasteiger partial charge in [0.1, 0.15) is 5.69 Å². The molecule has 0 bridgehead atoms.